The van der Waals surface area contributed by atoms with Gasteiger partial charge in [0, 0.05) is 25.2 Å². The number of pyridine rings is 1. The molecule has 0 aliphatic heterocycles. The maximum absolute atomic E-state index is 12.7. The van der Waals surface area contributed by atoms with Crippen LogP contribution in [0.15, 0.2) is 46.0 Å². The van der Waals surface area contributed by atoms with E-state index < -0.39 is 15.6 Å². The number of sulfonamides is 1. The lowest BCUT2D eigenvalue weighted by Gasteiger charge is -2.17. The molecular formula is C21H27ClN4O4S. The van der Waals surface area contributed by atoms with Gasteiger partial charge < -0.3 is 15.3 Å². The fourth-order valence-electron chi connectivity index (χ4n) is 2.96. The predicted molar refractivity (Wildman–Crippen MR) is 122 cm³/mol. The minimum absolute atomic E-state index is 0. The third-order valence-corrected chi connectivity index (χ3v) is 6.12. The van der Waals surface area contributed by atoms with Crippen LogP contribution in [0.3, 0.4) is 0 Å². The van der Waals surface area contributed by atoms with Crippen LogP contribution in [0, 0.1) is 13.8 Å². The number of hydrogen-bond donors (Lipinski definition) is 3. The smallest absolute Gasteiger partial charge is 0.240 e. The first-order valence-corrected chi connectivity index (χ1v) is 11.0. The van der Waals surface area contributed by atoms with Gasteiger partial charge in [-0.25, -0.2) is 23.1 Å². The van der Waals surface area contributed by atoms with Gasteiger partial charge in [-0.3, -0.25) is 0 Å². The van der Waals surface area contributed by atoms with Crippen LogP contribution < -0.4 is 10.5 Å². The minimum Gasteiger partial charge on any atom is -0.441 e. The van der Waals surface area contributed by atoms with Gasteiger partial charge in [-0.1, -0.05) is 6.07 Å². The topological polar surface area (TPSA) is 131 Å². The van der Waals surface area contributed by atoms with Crippen molar-refractivity contribution in [1.29, 1.82) is 0 Å². The third-order valence-electron chi connectivity index (χ3n) is 4.66. The summed E-state index contributed by atoms with van der Waals surface area (Å²) >= 11 is 0. The maximum atomic E-state index is 12.7. The highest BCUT2D eigenvalue weighted by Crippen LogP contribution is 2.32. The summed E-state index contributed by atoms with van der Waals surface area (Å²) in [7, 11) is -3.73. The minimum atomic E-state index is -3.73. The van der Waals surface area contributed by atoms with E-state index in [1.165, 1.54) is 0 Å². The molecule has 0 saturated heterocycles. The second-order valence-corrected chi connectivity index (χ2v) is 9.60. The molecule has 0 radical (unpaired) electrons. The van der Waals surface area contributed by atoms with Gasteiger partial charge in [-0.15, -0.1) is 12.4 Å². The normalized spacial score (nSPS) is 11.9. The Hall–Kier alpha value is -2.46. The Bertz CT molecular complexity index is 1170. The highest BCUT2D eigenvalue weighted by molar-refractivity contribution is 7.89. The number of rotatable bonds is 7. The number of benzene rings is 1. The Balaban J connectivity index is 0.00000341. The summed E-state index contributed by atoms with van der Waals surface area (Å²) in [5.41, 5.74) is 7.95. The van der Waals surface area contributed by atoms with Gasteiger partial charge in [0.05, 0.1) is 22.3 Å². The molecule has 0 fully saturated rings. The summed E-state index contributed by atoms with van der Waals surface area (Å²) in [6.07, 6.45) is 3.47. The highest BCUT2D eigenvalue weighted by Gasteiger charge is 2.19. The number of aryl methyl sites for hydroxylation is 2. The second kappa shape index (κ2) is 9.35. The Morgan fingerprint density at radius 1 is 1.13 bits per heavy atom. The van der Waals surface area contributed by atoms with Crippen LogP contribution in [0.2, 0.25) is 0 Å². The van der Waals surface area contributed by atoms with E-state index >= 15 is 0 Å². The van der Waals surface area contributed by atoms with E-state index in [0.717, 1.165) is 5.56 Å². The van der Waals surface area contributed by atoms with E-state index in [9.17, 15) is 13.5 Å². The third kappa shape index (κ3) is 6.04. The van der Waals surface area contributed by atoms with Gasteiger partial charge in [0.15, 0.2) is 11.7 Å². The van der Waals surface area contributed by atoms with Crippen molar-refractivity contribution in [1.82, 2.24) is 14.7 Å². The summed E-state index contributed by atoms with van der Waals surface area (Å²) in [6, 6.07) is 6.71. The molecule has 1 aromatic carbocycles. The molecule has 0 unspecified atom stereocenters. The molecule has 2 heterocycles. The van der Waals surface area contributed by atoms with Crippen LogP contribution >= 0.6 is 12.4 Å². The van der Waals surface area contributed by atoms with E-state index in [4.69, 9.17) is 10.2 Å². The number of aromatic nitrogens is 2. The van der Waals surface area contributed by atoms with Crippen molar-refractivity contribution in [2.75, 3.05) is 12.3 Å². The first kappa shape index (κ1) is 24.8. The lowest BCUT2D eigenvalue weighted by atomic mass is 10.0. The van der Waals surface area contributed by atoms with Gasteiger partial charge in [0.1, 0.15) is 5.82 Å². The van der Waals surface area contributed by atoms with Gasteiger partial charge in [0.25, 0.3) is 0 Å². The van der Waals surface area contributed by atoms with Crippen LogP contribution in [-0.2, 0) is 10.0 Å². The number of nitrogen functional groups attached to an aromatic ring is 1. The Labute approximate surface area is 188 Å². The van der Waals surface area contributed by atoms with E-state index in [1.807, 2.05) is 13.0 Å². The zero-order valence-corrected chi connectivity index (χ0v) is 19.5. The molecule has 0 bridgehead atoms. The molecule has 8 nitrogen and oxygen atoms in total. The summed E-state index contributed by atoms with van der Waals surface area (Å²) in [6.45, 7) is 7.02. The summed E-state index contributed by atoms with van der Waals surface area (Å²) in [5.74, 6) is 1.30. The first-order valence-electron chi connectivity index (χ1n) is 9.48. The number of aliphatic hydroxyl groups is 1. The van der Waals surface area contributed by atoms with Crippen LogP contribution in [0.25, 0.3) is 22.5 Å². The van der Waals surface area contributed by atoms with Crippen molar-refractivity contribution in [2.45, 2.75) is 44.6 Å². The van der Waals surface area contributed by atoms with Gasteiger partial charge in [-0.2, -0.15) is 0 Å². The predicted octanol–water partition coefficient (Wildman–Crippen LogP) is 3.46. The van der Waals surface area contributed by atoms with E-state index in [0.29, 0.717) is 40.6 Å². The zero-order chi connectivity index (χ0) is 22.1. The fourth-order valence-corrected chi connectivity index (χ4v) is 4.02. The number of nitrogens with one attached hydrogen (secondary N) is 1. The van der Waals surface area contributed by atoms with Crippen molar-refractivity contribution in [2.24, 2.45) is 0 Å². The van der Waals surface area contributed by atoms with Gasteiger partial charge >= 0.3 is 0 Å². The maximum Gasteiger partial charge on any atom is 0.240 e. The van der Waals surface area contributed by atoms with Crippen molar-refractivity contribution in [3.63, 3.8) is 0 Å². The molecule has 31 heavy (non-hydrogen) atoms. The zero-order valence-electron chi connectivity index (χ0n) is 17.8. The summed E-state index contributed by atoms with van der Waals surface area (Å²) in [4.78, 5) is 8.47. The SMILES string of the molecule is Cc1ncc(-c2cc(-c3cc(S(=O)(=O)NCCC(C)(C)O)ccc3C)cnc2N)o1.Cl. The average molecular weight is 467 g/mol. The lowest BCUT2D eigenvalue weighted by Crippen LogP contribution is -2.30. The van der Waals surface area contributed by atoms with Gasteiger partial charge in [-0.05, 0) is 56.5 Å². The lowest BCUT2D eigenvalue weighted by molar-refractivity contribution is 0.0728. The van der Waals surface area contributed by atoms with Crippen molar-refractivity contribution in [3.05, 3.63) is 48.1 Å². The van der Waals surface area contributed by atoms with Crippen LogP contribution in [0.1, 0.15) is 31.7 Å². The average Bonchev–Trinajstić information content (AvgIpc) is 3.07. The first-order chi connectivity index (χ1) is 14.0. The van der Waals surface area contributed by atoms with Crippen LogP contribution in [-0.4, -0.2) is 35.6 Å². The van der Waals surface area contributed by atoms with Crippen LogP contribution in [0.4, 0.5) is 5.82 Å². The number of nitrogens with two attached hydrogens (primary N) is 1. The Morgan fingerprint density at radius 3 is 2.45 bits per heavy atom. The molecule has 0 amide bonds. The fraction of sp³-hybridized carbons (Fsp3) is 0.333. The van der Waals surface area contributed by atoms with E-state index in [-0.39, 0.29) is 23.8 Å². The second-order valence-electron chi connectivity index (χ2n) is 7.84. The number of hydrogen-bond acceptors (Lipinski definition) is 7. The quantitative estimate of drug-likeness (QED) is 0.485. The molecule has 2 aromatic heterocycles. The van der Waals surface area contributed by atoms with Crippen molar-refractivity contribution < 1.29 is 17.9 Å². The Kier molecular flexibility index (Phi) is 7.48. The van der Waals surface area contributed by atoms with Crippen molar-refractivity contribution >= 4 is 28.2 Å². The Morgan fingerprint density at radius 2 is 1.84 bits per heavy atom. The largest absolute Gasteiger partial charge is 0.441 e. The standard InChI is InChI=1S/C21H26N4O4S.ClH/c1-13-5-6-16(30(27,28)25-8-7-21(3,4)26)10-17(13)15-9-18(20(22)24-11-15)19-12-23-14(2)29-19;/h5-6,9-12,25-26H,7-8H2,1-4H3,(H2,22,24);1H. The molecule has 0 atom stereocenters. The molecule has 0 aliphatic rings. The molecule has 0 saturated carbocycles. The summed E-state index contributed by atoms with van der Waals surface area (Å²) < 4.78 is 33.5. The molecule has 0 spiro atoms. The van der Waals surface area contributed by atoms with Crippen molar-refractivity contribution in [3.8, 4) is 22.5 Å². The molecule has 3 rings (SSSR count). The number of anilines is 1. The van der Waals surface area contributed by atoms with E-state index in [2.05, 4.69) is 14.7 Å². The molecule has 4 N–H and O–H groups in total. The molecule has 10 heteroatoms. The number of halogens is 1. The van der Waals surface area contributed by atoms with E-state index in [1.54, 1.807) is 51.4 Å². The number of nitrogens with zero attached hydrogens (tertiary/aromatic N) is 2. The molecule has 0 aliphatic carbocycles. The molecule has 3 aromatic rings. The van der Waals surface area contributed by atoms with Gasteiger partial charge in [0.2, 0.25) is 10.0 Å². The highest BCUT2D eigenvalue weighted by atomic mass is 35.5. The monoisotopic (exact) mass is 466 g/mol. The number of oxazole rings is 1. The molecule has 168 valence electrons. The van der Waals surface area contributed by atoms with Crippen LogP contribution in [0.5, 0.6) is 0 Å². The molecular weight excluding hydrogens is 440 g/mol. The summed E-state index contributed by atoms with van der Waals surface area (Å²) in [5, 5.41) is 9.79.